The van der Waals surface area contributed by atoms with E-state index in [1.54, 1.807) is 11.8 Å². The highest BCUT2D eigenvalue weighted by Gasteiger charge is 2.27. The van der Waals surface area contributed by atoms with Crippen LogP contribution in [-0.2, 0) is 16.1 Å². The predicted molar refractivity (Wildman–Crippen MR) is 112 cm³/mol. The Morgan fingerprint density at radius 2 is 1.74 bits per heavy atom. The van der Waals surface area contributed by atoms with Crippen LogP contribution in [-0.4, -0.2) is 53.2 Å². The fourth-order valence-corrected chi connectivity index (χ4v) is 3.00. The lowest BCUT2D eigenvalue weighted by molar-refractivity contribution is -0.131. The molecule has 152 valence electrons. The molecule has 0 aliphatic rings. The van der Waals surface area contributed by atoms with Crippen LogP contribution in [0.5, 0.6) is 0 Å². The van der Waals surface area contributed by atoms with E-state index in [1.165, 1.54) is 0 Å². The summed E-state index contributed by atoms with van der Waals surface area (Å²) >= 11 is 1.63. The minimum absolute atomic E-state index is 0.108. The molecule has 7 heteroatoms. The maximum atomic E-state index is 12.7. The zero-order valence-electron chi connectivity index (χ0n) is 16.7. The molecule has 0 radical (unpaired) electrons. The van der Waals surface area contributed by atoms with Crippen LogP contribution in [0.3, 0.4) is 0 Å². The summed E-state index contributed by atoms with van der Waals surface area (Å²) < 4.78 is 0. The topological polar surface area (TPSA) is 90.5 Å². The molecular formula is C20H33N3O3S. The van der Waals surface area contributed by atoms with Crippen molar-refractivity contribution in [2.75, 3.05) is 18.6 Å². The maximum absolute atomic E-state index is 12.7. The Labute approximate surface area is 166 Å². The quantitative estimate of drug-likeness (QED) is 0.458. The number of rotatable bonds is 11. The van der Waals surface area contributed by atoms with Gasteiger partial charge >= 0.3 is 0 Å². The predicted octanol–water partition coefficient (Wildman–Crippen LogP) is 1.68. The van der Waals surface area contributed by atoms with Crippen LogP contribution >= 0.6 is 11.8 Å². The third kappa shape index (κ3) is 9.79. The Morgan fingerprint density at radius 3 is 2.30 bits per heavy atom. The summed E-state index contributed by atoms with van der Waals surface area (Å²) in [6, 6.07) is 8.60. The van der Waals surface area contributed by atoms with Crippen molar-refractivity contribution in [3.63, 3.8) is 0 Å². The largest absolute Gasteiger partial charge is 0.396 e. The van der Waals surface area contributed by atoms with Crippen LogP contribution in [0.2, 0.25) is 0 Å². The fraction of sp³-hybridized carbons (Fsp3) is 0.600. The smallest absolute Gasteiger partial charge is 0.243 e. The molecule has 0 aromatic heterocycles. The van der Waals surface area contributed by atoms with Gasteiger partial charge in [0, 0.05) is 18.7 Å². The normalized spacial score (nSPS) is 13.7. The highest BCUT2D eigenvalue weighted by molar-refractivity contribution is 7.98. The van der Waals surface area contributed by atoms with Gasteiger partial charge in [-0.2, -0.15) is 11.8 Å². The molecule has 2 amide bonds. The lowest BCUT2D eigenvalue weighted by atomic mass is 10.1. The van der Waals surface area contributed by atoms with Gasteiger partial charge in [0.05, 0.1) is 6.04 Å². The third-order valence-electron chi connectivity index (χ3n) is 3.87. The van der Waals surface area contributed by atoms with Crippen molar-refractivity contribution in [1.82, 2.24) is 16.0 Å². The van der Waals surface area contributed by atoms with Gasteiger partial charge in [0.25, 0.3) is 0 Å². The molecule has 1 aromatic carbocycles. The Hall–Kier alpha value is -1.57. The van der Waals surface area contributed by atoms with Crippen LogP contribution in [0.4, 0.5) is 0 Å². The molecule has 0 aliphatic carbocycles. The molecule has 0 saturated carbocycles. The van der Waals surface area contributed by atoms with E-state index in [9.17, 15) is 14.7 Å². The Morgan fingerprint density at radius 1 is 1.07 bits per heavy atom. The van der Waals surface area contributed by atoms with Gasteiger partial charge in [-0.1, -0.05) is 30.3 Å². The molecule has 1 rings (SSSR count). The van der Waals surface area contributed by atoms with Crippen molar-refractivity contribution in [2.45, 2.75) is 57.8 Å². The van der Waals surface area contributed by atoms with Crippen molar-refractivity contribution >= 4 is 23.6 Å². The van der Waals surface area contributed by atoms with Crippen LogP contribution < -0.4 is 16.0 Å². The Bertz CT molecular complexity index is 576. The number of nitrogens with one attached hydrogen (secondary N) is 3. The first kappa shape index (κ1) is 23.5. The number of aliphatic hydroxyl groups excluding tert-OH is 1. The first-order chi connectivity index (χ1) is 12.8. The van der Waals surface area contributed by atoms with E-state index in [0.717, 1.165) is 11.3 Å². The van der Waals surface area contributed by atoms with Crippen molar-refractivity contribution in [3.8, 4) is 0 Å². The third-order valence-corrected chi connectivity index (χ3v) is 4.52. The average molecular weight is 396 g/mol. The van der Waals surface area contributed by atoms with Crippen LogP contribution in [0.1, 0.15) is 39.2 Å². The van der Waals surface area contributed by atoms with E-state index in [2.05, 4.69) is 16.0 Å². The SMILES string of the molecule is CSCC[C@H](NC(=O)[C@H](CCO)NCc1ccccc1)C(=O)NC(C)(C)C. The molecule has 0 spiro atoms. The number of aliphatic hydroxyl groups is 1. The van der Waals surface area contributed by atoms with E-state index >= 15 is 0 Å². The molecule has 4 N–H and O–H groups in total. The molecule has 0 fully saturated rings. The number of carbonyl (C=O) groups is 2. The zero-order valence-corrected chi connectivity index (χ0v) is 17.6. The Balaban J connectivity index is 2.73. The summed E-state index contributed by atoms with van der Waals surface area (Å²) in [5, 5.41) is 18.3. The monoisotopic (exact) mass is 395 g/mol. The second-order valence-corrected chi connectivity index (χ2v) is 8.50. The average Bonchev–Trinajstić information content (AvgIpc) is 2.61. The number of amides is 2. The fourth-order valence-electron chi connectivity index (χ4n) is 2.53. The molecule has 2 atom stereocenters. The molecule has 0 saturated heterocycles. The lowest BCUT2D eigenvalue weighted by Crippen LogP contribution is -2.55. The van der Waals surface area contributed by atoms with Gasteiger partial charge in [0.2, 0.25) is 11.8 Å². The maximum Gasteiger partial charge on any atom is 0.243 e. The zero-order chi connectivity index (χ0) is 20.3. The minimum atomic E-state index is -0.594. The summed E-state index contributed by atoms with van der Waals surface area (Å²) in [5.74, 6) is 0.316. The molecule has 0 aliphatic heterocycles. The number of thioether (sulfide) groups is 1. The Kier molecular flexibility index (Phi) is 10.4. The minimum Gasteiger partial charge on any atom is -0.396 e. The molecule has 0 heterocycles. The first-order valence-electron chi connectivity index (χ1n) is 9.26. The van der Waals surface area contributed by atoms with Gasteiger partial charge in [-0.3, -0.25) is 9.59 Å². The van der Waals surface area contributed by atoms with Crippen molar-refractivity contribution in [3.05, 3.63) is 35.9 Å². The lowest BCUT2D eigenvalue weighted by Gasteiger charge is -2.27. The van der Waals surface area contributed by atoms with Crippen LogP contribution in [0.25, 0.3) is 0 Å². The highest BCUT2D eigenvalue weighted by Crippen LogP contribution is 2.06. The van der Waals surface area contributed by atoms with Crippen molar-refractivity contribution < 1.29 is 14.7 Å². The van der Waals surface area contributed by atoms with E-state index in [0.29, 0.717) is 13.0 Å². The number of hydrogen-bond donors (Lipinski definition) is 4. The van der Waals surface area contributed by atoms with Crippen LogP contribution in [0.15, 0.2) is 30.3 Å². The van der Waals surface area contributed by atoms with Crippen molar-refractivity contribution in [1.29, 1.82) is 0 Å². The van der Waals surface area contributed by atoms with Gasteiger partial charge in [-0.25, -0.2) is 0 Å². The summed E-state index contributed by atoms with van der Waals surface area (Å²) in [6.45, 7) is 6.14. The van der Waals surface area contributed by atoms with E-state index in [4.69, 9.17) is 0 Å². The molecule has 6 nitrogen and oxygen atoms in total. The second-order valence-electron chi connectivity index (χ2n) is 7.51. The number of hydrogen-bond acceptors (Lipinski definition) is 5. The molecule has 27 heavy (non-hydrogen) atoms. The van der Waals surface area contributed by atoms with Crippen molar-refractivity contribution in [2.24, 2.45) is 0 Å². The van der Waals surface area contributed by atoms with Crippen LogP contribution in [0, 0.1) is 0 Å². The van der Waals surface area contributed by atoms with Gasteiger partial charge in [-0.05, 0) is 51.2 Å². The van der Waals surface area contributed by atoms with E-state index in [1.807, 2.05) is 57.4 Å². The van der Waals surface area contributed by atoms with E-state index < -0.39 is 12.1 Å². The van der Waals surface area contributed by atoms with Gasteiger partial charge < -0.3 is 21.1 Å². The van der Waals surface area contributed by atoms with Gasteiger partial charge in [0.1, 0.15) is 6.04 Å². The first-order valence-corrected chi connectivity index (χ1v) is 10.7. The standard InChI is InChI=1S/C20H33N3O3S/c1-20(2,3)23-19(26)17(11-13-27-4)22-18(25)16(10-12-24)21-14-15-8-6-5-7-9-15/h5-9,16-17,21,24H,10-14H2,1-4H3,(H,22,25)(H,23,26)/t16-,17-/m0/s1. The van der Waals surface area contributed by atoms with Gasteiger partial charge in [-0.15, -0.1) is 0 Å². The number of carbonyl (C=O) groups excluding carboxylic acids is 2. The molecule has 1 aromatic rings. The second kappa shape index (κ2) is 12.0. The molecule has 0 bridgehead atoms. The number of benzene rings is 1. The summed E-state index contributed by atoms with van der Waals surface area (Å²) in [5.41, 5.74) is 0.688. The highest BCUT2D eigenvalue weighted by atomic mass is 32.2. The molecular weight excluding hydrogens is 362 g/mol. The summed E-state index contributed by atoms with van der Waals surface area (Å²) in [4.78, 5) is 25.3. The van der Waals surface area contributed by atoms with Gasteiger partial charge in [0.15, 0.2) is 0 Å². The van der Waals surface area contributed by atoms with E-state index in [-0.39, 0.29) is 30.4 Å². The summed E-state index contributed by atoms with van der Waals surface area (Å²) in [7, 11) is 0. The molecule has 0 unspecified atom stereocenters. The summed E-state index contributed by atoms with van der Waals surface area (Å²) in [6.07, 6.45) is 2.81.